The van der Waals surface area contributed by atoms with Crippen molar-refractivity contribution in [3.05, 3.63) is 171 Å². The quantitative estimate of drug-likeness (QED) is 0.0920. The SMILES string of the molecule is N=C(N)c1ccc(CNC(=O)[C@H]2CC(=O)[C@H](CS(=O)(=O)Cc3ccc(C(=O)O)cc3)Cc3ccc(cc3)CNC(=O)Cc3cccc(n3)CC(=O)NCc3ccc(cc3)C2)cc1. The molecule has 320 valence electrons. The number of aromatic nitrogens is 1. The van der Waals surface area contributed by atoms with Gasteiger partial charge in [0.2, 0.25) is 17.7 Å². The lowest BCUT2D eigenvalue weighted by Gasteiger charge is -2.21. The number of nitrogens with two attached hydrogens (primary N) is 1. The van der Waals surface area contributed by atoms with Crippen LogP contribution >= 0.6 is 0 Å². The van der Waals surface area contributed by atoms with Gasteiger partial charge in [-0.3, -0.25) is 29.6 Å². The van der Waals surface area contributed by atoms with E-state index in [0.29, 0.717) is 28.1 Å². The second-order valence-corrected chi connectivity index (χ2v) is 17.6. The Labute approximate surface area is 359 Å². The number of fused-ring (bicyclic) bond motifs is 2. The molecule has 6 bridgehead atoms. The highest BCUT2D eigenvalue weighted by molar-refractivity contribution is 7.90. The second-order valence-electron chi connectivity index (χ2n) is 15.5. The van der Waals surface area contributed by atoms with E-state index < -0.39 is 50.8 Å². The van der Waals surface area contributed by atoms with Gasteiger partial charge in [-0.25, -0.2) is 13.2 Å². The summed E-state index contributed by atoms with van der Waals surface area (Å²) in [5.74, 6) is -5.45. The third kappa shape index (κ3) is 13.2. The van der Waals surface area contributed by atoms with Gasteiger partial charge in [0.25, 0.3) is 0 Å². The molecule has 14 nitrogen and oxygen atoms in total. The van der Waals surface area contributed by atoms with Gasteiger partial charge in [0.15, 0.2) is 9.84 Å². The van der Waals surface area contributed by atoms with Crippen molar-refractivity contribution in [3.63, 3.8) is 0 Å². The molecule has 0 radical (unpaired) electrons. The summed E-state index contributed by atoms with van der Waals surface area (Å²) in [4.78, 5) is 70.1. The summed E-state index contributed by atoms with van der Waals surface area (Å²) in [6.45, 7) is 0.563. The van der Waals surface area contributed by atoms with Crippen molar-refractivity contribution in [3.8, 4) is 0 Å². The highest BCUT2D eigenvalue weighted by Crippen LogP contribution is 2.23. The number of sulfone groups is 1. The predicted octanol–water partition coefficient (Wildman–Crippen LogP) is 4.00. The average molecular weight is 857 g/mol. The van der Waals surface area contributed by atoms with E-state index in [1.54, 1.807) is 66.7 Å². The van der Waals surface area contributed by atoms with Crippen LogP contribution in [0.1, 0.15) is 67.1 Å². The second kappa shape index (κ2) is 20.5. The largest absolute Gasteiger partial charge is 0.478 e. The average Bonchev–Trinajstić information content (AvgIpc) is 3.24. The molecule has 4 heterocycles. The fourth-order valence-corrected chi connectivity index (χ4v) is 8.90. The molecule has 0 saturated carbocycles. The number of nitrogens with one attached hydrogen (secondary N) is 4. The van der Waals surface area contributed by atoms with Gasteiger partial charge in [0.05, 0.1) is 29.9 Å². The van der Waals surface area contributed by atoms with Gasteiger partial charge in [-0.2, -0.15) is 0 Å². The molecule has 62 heavy (non-hydrogen) atoms. The maximum Gasteiger partial charge on any atom is 0.335 e. The lowest BCUT2D eigenvalue weighted by molar-refractivity contribution is -0.130. The van der Waals surface area contributed by atoms with Gasteiger partial charge < -0.3 is 26.8 Å². The van der Waals surface area contributed by atoms with Crippen LogP contribution in [0.5, 0.6) is 0 Å². The van der Waals surface area contributed by atoms with Crippen LogP contribution < -0.4 is 21.7 Å². The number of aromatic carboxylic acids is 1. The minimum absolute atomic E-state index is 0.00902. The topological polar surface area (TPSA) is 239 Å². The number of carbonyl (C=O) groups excluding carboxylic acids is 4. The van der Waals surface area contributed by atoms with E-state index in [1.165, 1.54) is 24.3 Å². The van der Waals surface area contributed by atoms with Gasteiger partial charge in [-0.1, -0.05) is 91.0 Å². The number of carboxylic acid groups (broad SMARTS) is 1. The summed E-state index contributed by atoms with van der Waals surface area (Å²) in [7, 11) is -3.94. The Hall–Kier alpha value is -7.00. The first-order chi connectivity index (χ1) is 29.7. The summed E-state index contributed by atoms with van der Waals surface area (Å²) in [6, 6.07) is 32.0. The van der Waals surface area contributed by atoms with Crippen LogP contribution in [0.15, 0.2) is 115 Å². The molecule has 3 amide bonds. The predicted molar refractivity (Wildman–Crippen MR) is 232 cm³/mol. The van der Waals surface area contributed by atoms with Gasteiger partial charge in [0.1, 0.15) is 11.6 Å². The minimum atomic E-state index is -3.94. The van der Waals surface area contributed by atoms with Crippen molar-refractivity contribution >= 4 is 45.1 Å². The maximum atomic E-state index is 14.5. The number of benzene rings is 4. The lowest BCUT2D eigenvalue weighted by atomic mass is 9.87. The molecule has 0 saturated heterocycles. The van der Waals surface area contributed by atoms with Crippen molar-refractivity contribution in [2.75, 3.05) is 5.75 Å². The summed E-state index contributed by atoms with van der Waals surface area (Å²) < 4.78 is 27.6. The highest BCUT2D eigenvalue weighted by Gasteiger charge is 2.31. The van der Waals surface area contributed by atoms with Crippen molar-refractivity contribution in [1.29, 1.82) is 5.41 Å². The number of pyridine rings is 1. The summed E-state index contributed by atoms with van der Waals surface area (Å²) in [5.41, 5.74) is 11.3. The Morgan fingerprint density at radius 3 is 1.73 bits per heavy atom. The normalized spacial score (nSPS) is 16.6. The Morgan fingerprint density at radius 2 is 1.19 bits per heavy atom. The fraction of sp³-hybridized carbons (Fsp3) is 0.255. The van der Waals surface area contributed by atoms with E-state index in [9.17, 15) is 37.5 Å². The van der Waals surface area contributed by atoms with Crippen LogP contribution in [-0.2, 0) is 80.1 Å². The van der Waals surface area contributed by atoms with Crippen molar-refractivity contribution < 1.29 is 37.5 Å². The number of amidine groups is 1. The molecule has 15 heteroatoms. The Morgan fingerprint density at radius 1 is 0.694 bits per heavy atom. The molecule has 7 N–H and O–H groups in total. The van der Waals surface area contributed by atoms with Crippen LogP contribution in [0.4, 0.5) is 0 Å². The first-order valence-electron chi connectivity index (χ1n) is 20.1. The van der Waals surface area contributed by atoms with Crippen molar-refractivity contribution in [1.82, 2.24) is 20.9 Å². The zero-order valence-corrected chi connectivity index (χ0v) is 34.7. The molecule has 3 aliphatic heterocycles. The first kappa shape index (κ1) is 44.5. The molecule has 0 spiro atoms. The van der Waals surface area contributed by atoms with Gasteiger partial charge in [-0.05, 0) is 70.5 Å². The Bertz CT molecular complexity index is 2540. The van der Waals surface area contributed by atoms with Gasteiger partial charge >= 0.3 is 5.97 Å². The number of carboxylic acids is 1. The Kier molecular flexibility index (Phi) is 14.7. The zero-order valence-electron chi connectivity index (χ0n) is 33.9. The van der Waals surface area contributed by atoms with E-state index in [1.807, 2.05) is 24.3 Å². The number of Topliss-reactive ketones (excluding diaryl/α,β-unsaturated/α-hetero) is 1. The molecule has 4 aromatic carbocycles. The van der Waals surface area contributed by atoms with Crippen LogP contribution in [0.2, 0.25) is 0 Å². The van der Waals surface area contributed by atoms with E-state index in [0.717, 1.165) is 22.3 Å². The third-order valence-corrected chi connectivity index (χ3v) is 12.3. The van der Waals surface area contributed by atoms with Crippen LogP contribution in [0.3, 0.4) is 0 Å². The van der Waals surface area contributed by atoms with Crippen LogP contribution in [0.25, 0.3) is 0 Å². The molecule has 1 aromatic heterocycles. The molecule has 0 fully saturated rings. The number of hydrogen-bond acceptors (Lipinski definition) is 9. The number of rotatable bonds is 9. The molecule has 0 aliphatic carbocycles. The standard InChI is InChI=1S/C47H48N6O8S/c48-45(49)36-16-12-34(13-17-36)27-52-46(57)38-20-30-4-8-32(9-5-30)25-50-43(55)23-40-2-1-3-41(53-40)24-44(56)51-26-33-10-6-31(7-11-33)21-39(42(54)22-38)29-62(60,61)28-35-14-18-37(19-15-35)47(58)59/h1-19,38-39H,20-29H2,(H3,48,49)(H,50,55)(H,51,56)(H,52,57)(H,58,59)/t38-,39+/m1/s1. The summed E-state index contributed by atoms with van der Waals surface area (Å²) >= 11 is 0. The molecular weight excluding hydrogens is 809 g/mol. The van der Waals surface area contributed by atoms with Crippen LogP contribution in [-0.4, -0.2) is 59.6 Å². The number of hydrogen-bond donors (Lipinski definition) is 6. The Balaban J connectivity index is 1.29. The molecule has 3 aliphatic rings. The van der Waals surface area contributed by atoms with Crippen molar-refractivity contribution in [2.45, 2.75) is 57.5 Å². The van der Waals surface area contributed by atoms with E-state index >= 15 is 0 Å². The smallest absolute Gasteiger partial charge is 0.335 e. The zero-order chi connectivity index (χ0) is 44.2. The highest BCUT2D eigenvalue weighted by atomic mass is 32.2. The number of amides is 3. The first-order valence-corrected chi connectivity index (χ1v) is 21.9. The number of carbonyl (C=O) groups is 5. The number of ketones is 1. The van der Waals surface area contributed by atoms with E-state index in [-0.39, 0.29) is 75.0 Å². The van der Waals surface area contributed by atoms with Crippen LogP contribution in [0, 0.1) is 17.2 Å². The van der Waals surface area contributed by atoms with Gasteiger partial charge in [-0.15, -0.1) is 0 Å². The molecule has 0 unspecified atom stereocenters. The molecular formula is C47H48N6O8S. The number of nitrogen functional groups attached to an aromatic ring is 1. The minimum Gasteiger partial charge on any atom is -0.478 e. The third-order valence-electron chi connectivity index (χ3n) is 10.6. The van der Waals surface area contributed by atoms with Crippen molar-refractivity contribution in [2.24, 2.45) is 17.6 Å². The summed E-state index contributed by atoms with van der Waals surface area (Å²) in [6.07, 6.45) is -0.0185. The fourth-order valence-electron chi connectivity index (χ4n) is 7.17. The molecule has 5 aromatic rings. The maximum absolute atomic E-state index is 14.5. The number of nitrogens with zero attached hydrogens (tertiary/aromatic N) is 1. The summed E-state index contributed by atoms with van der Waals surface area (Å²) in [5, 5.41) is 25.7. The molecule has 8 rings (SSSR count). The molecule has 2 atom stereocenters. The van der Waals surface area contributed by atoms with E-state index in [4.69, 9.17) is 11.1 Å². The monoisotopic (exact) mass is 856 g/mol. The van der Waals surface area contributed by atoms with Gasteiger partial charge in [0, 0.05) is 54.8 Å². The van der Waals surface area contributed by atoms with E-state index in [2.05, 4.69) is 20.9 Å². The lowest BCUT2D eigenvalue weighted by Crippen LogP contribution is -2.36.